The third-order valence-corrected chi connectivity index (χ3v) is 6.39. The van der Waals surface area contributed by atoms with Crippen LogP contribution in [0.15, 0.2) is 29.2 Å². The van der Waals surface area contributed by atoms with Gasteiger partial charge in [0.05, 0.1) is 0 Å². The third-order valence-electron chi connectivity index (χ3n) is 4.70. The molecule has 0 fully saturated rings. The number of hydrogen-bond donors (Lipinski definition) is 0. The van der Waals surface area contributed by atoms with Gasteiger partial charge in [-0.15, -0.1) is 0 Å². The summed E-state index contributed by atoms with van der Waals surface area (Å²) in [4.78, 5) is 1.52. The Hall–Kier alpha value is -0.430. The Morgan fingerprint density at radius 1 is 0.900 bits per heavy atom. The van der Waals surface area contributed by atoms with E-state index in [1.54, 1.807) is 5.56 Å². The first kappa shape index (κ1) is 17.6. The summed E-state index contributed by atoms with van der Waals surface area (Å²) in [5.41, 5.74) is 1.55. The maximum Gasteiger partial charge on any atom is -0.0106 e. The summed E-state index contributed by atoms with van der Waals surface area (Å²) in [7, 11) is -0.599. The van der Waals surface area contributed by atoms with Crippen molar-refractivity contribution in [3.8, 4) is 0 Å². The summed E-state index contributed by atoms with van der Waals surface area (Å²) in [6.45, 7) is 9.44. The van der Waals surface area contributed by atoms with E-state index in [1.807, 2.05) is 0 Å². The Labute approximate surface area is 128 Å². The van der Waals surface area contributed by atoms with E-state index in [1.165, 1.54) is 24.2 Å². The van der Waals surface area contributed by atoms with Crippen LogP contribution >= 0.6 is 10.0 Å². The van der Waals surface area contributed by atoms with Gasteiger partial charge in [0.2, 0.25) is 0 Å². The minimum atomic E-state index is -0.599. The number of hydrogen-bond acceptors (Lipinski definition) is 0. The van der Waals surface area contributed by atoms with Crippen LogP contribution in [0.25, 0.3) is 0 Å². The van der Waals surface area contributed by atoms with Crippen molar-refractivity contribution in [2.75, 3.05) is 18.8 Å². The summed E-state index contributed by atoms with van der Waals surface area (Å²) in [6, 6.07) is 9.53. The zero-order chi connectivity index (χ0) is 15.3. The van der Waals surface area contributed by atoms with Crippen LogP contribution in [-0.2, 0) is 0 Å². The van der Waals surface area contributed by atoms with Crippen molar-refractivity contribution in [3.05, 3.63) is 29.8 Å². The molecule has 0 heterocycles. The Morgan fingerprint density at radius 2 is 1.45 bits per heavy atom. The molecule has 0 saturated carbocycles. The molecule has 0 saturated heterocycles. The van der Waals surface area contributed by atoms with Crippen molar-refractivity contribution in [2.45, 2.75) is 57.8 Å². The zero-order valence-electron chi connectivity index (χ0n) is 14.6. The first-order valence-electron chi connectivity index (χ1n) is 8.07. The lowest BCUT2D eigenvalue weighted by Gasteiger charge is -2.29. The topological polar surface area (TPSA) is 0 Å². The Kier molecular flexibility index (Phi) is 6.64. The van der Waals surface area contributed by atoms with Crippen LogP contribution < -0.4 is 0 Å². The predicted octanol–water partition coefficient (Wildman–Crippen LogP) is 6.31. The lowest BCUT2D eigenvalue weighted by atomic mass is 9.79. The maximum absolute atomic E-state index is 2.41. The molecule has 0 aromatic heterocycles. The van der Waals surface area contributed by atoms with Gasteiger partial charge in [0.25, 0.3) is 0 Å². The number of rotatable bonds is 7. The second-order valence-corrected chi connectivity index (χ2v) is 11.3. The van der Waals surface area contributed by atoms with Crippen molar-refractivity contribution in [1.82, 2.24) is 0 Å². The van der Waals surface area contributed by atoms with Gasteiger partial charge in [0.15, 0.2) is 0 Å². The standard InChI is InChI=1S/C19H34S/c1-8-15(3)14-19(16(4)9-2)17-10-12-18(13-11-17)20(5,6)7/h10-13,15-16,19H,8-9,14H2,1-7H3. The Morgan fingerprint density at radius 3 is 1.85 bits per heavy atom. The smallest absolute Gasteiger partial charge is 0.0106 e. The first-order chi connectivity index (χ1) is 9.29. The van der Waals surface area contributed by atoms with E-state index in [9.17, 15) is 0 Å². The van der Waals surface area contributed by atoms with Crippen molar-refractivity contribution < 1.29 is 0 Å². The van der Waals surface area contributed by atoms with Crippen LogP contribution in [0, 0.1) is 11.8 Å². The van der Waals surface area contributed by atoms with E-state index < -0.39 is 10.0 Å². The molecule has 0 amide bonds. The SMILES string of the molecule is CCC(C)CC(c1ccc(S(C)(C)C)cc1)C(C)CC. The minimum Gasteiger partial charge on any atom is -0.223 e. The predicted molar refractivity (Wildman–Crippen MR) is 96.3 cm³/mol. The molecule has 1 heteroatoms. The Bertz CT molecular complexity index is 385. The molecule has 0 nitrogen and oxygen atoms in total. The van der Waals surface area contributed by atoms with Crippen molar-refractivity contribution in [2.24, 2.45) is 11.8 Å². The van der Waals surface area contributed by atoms with E-state index in [0.717, 1.165) is 17.8 Å². The van der Waals surface area contributed by atoms with Gasteiger partial charge in [-0.25, -0.2) is 10.0 Å². The molecule has 0 radical (unpaired) electrons. The minimum absolute atomic E-state index is 0.599. The summed E-state index contributed by atoms with van der Waals surface area (Å²) in [6.07, 6.45) is 11.0. The van der Waals surface area contributed by atoms with Crippen molar-refractivity contribution in [1.29, 1.82) is 0 Å². The zero-order valence-corrected chi connectivity index (χ0v) is 15.4. The van der Waals surface area contributed by atoms with Gasteiger partial charge < -0.3 is 0 Å². The molecule has 0 aliphatic heterocycles. The molecule has 1 aromatic carbocycles. The summed E-state index contributed by atoms with van der Waals surface area (Å²) < 4.78 is 0. The lowest BCUT2D eigenvalue weighted by Crippen LogP contribution is -2.13. The van der Waals surface area contributed by atoms with E-state index in [2.05, 4.69) is 70.7 Å². The third kappa shape index (κ3) is 4.84. The van der Waals surface area contributed by atoms with Crippen molar-refractivity contribution >= 4 is 10.0 Å². The van der Waals surface area contributed by atoms with Gasteiger partial charge in [-0.05, 0) is 65.5 Å². The van der Waals surface area contributed by atoms with Crippen LogP contribution in [0.4, 0.5) is 0 Å². The van der Waals surface area contributed by atoms with Crippen LogP contribution in [-0.4, -0.2) is 18.8 Å². The van der Waals surface area contributed by atoms with Gasteiger partial charge in [-0.1, -0.05) is 52.7 Å². The van der Waals surface area contributed by atoms with E-state index in [-0.39, 0.29) is 0 Å². The normalized spacial score (nSPS) is 17.6. The highest BCUT2D eigenvalue weighted by atomic mass is 32.3. The molecular weight excluding hydrogens is 260 g/mol. The van der Waals surface area contributed by atoms with Crippen LogP contribution in [0.3, 0.4) is 0 Å². The quantitative estimate of drug-likeness (QED) is 0.553. The monoisotopic (exact) mass is 294 g/mol. The van der Waals surface area contributed by atoms with Gasteiger partial charge in [-0.2, -0.15) is 0 Å². The summed E-state index contributed by atoms with van der Waals surface area (Å²) >= 11 is 0. The summed E-state index contributed by atoms with van der Waals surface area (Å²) in [5.74, 6) is 2.32. The molecule has 0 bridgehead atoms. The highest BCUT2D eigenvalue weighted by Crippen LogP contribution is 2.45. The fourth-order valence-electron chi connectivity index (χ4n) is 2.70. The molecule has 1 aromatic rings. The first-order valence-corrected chi connectivity index (χ1v) is 10.9. The molecule has 0 aliphatic rings. The van der Waals surface area contributed by atoms with Gasteiger partial charge in [0, 0.05) is 0 Å². The van der Waals surface area contributed by atoms with Crippen LogP contribution in [0.2, 0.25) is 0 Å². The molecule has 0 spiro atoms. The Balaban J connectivity index is 2.96. The highest BCUT2D eigenvalue weighted by Gasteiger charge is 2.20. The summed E-state index contributed by atoms with van der Waals surface area (Å²) in [5, 5.41) is 0. The second-order valence-electron chi connectivity index (χ2n) is 7.15. The second kappa shape index (κ2) is 7.54. The largest absolute Gasteiger partial charge is 0.223 e. The molecule has 1 rings (SSSR count). The maximum atomic E-state index is 2.41. The molecule has 0 aliphatic carbocycles. The van der Waals surface area contributed by atoms with Gasteiger partial charge in [-0.3, -0.25) is 0 Å². The molecule has 20 heavy (non-hydrogen) atoms. The van der Waals surface area contributed by atoms with E-state index in [4.69, 9.17) is 0 Å². The molecular formula is C19H34S. The molecule has 116 valence electrons. The van der Waals surface area contributed by atoms with E-state index >= 15 is 0 Å². The highest BCUT2D eigenvalue weighted by molar-refractivity contribution is 8.32. The van der Waals surface area contributed by atoms with E-state index in [0.29, 0.717) is 0 Å². The van der Waals surface area contributed by atoms with Crippen LogP contribution in [0.1, 0.15) is 58.4 Å². The molecule has 3 atom stereocenters. The fraction of sp³-hybridized carbons (Fsp3) is 0.684. The fourth-order valence-corrected chi connectivity index (χ4v) is 3.66. The average Bonchev–Trinajstić information content (AvgIpc) is 2.42. The van der Waals surface area contributed by atoms with Crippen molar-refractivity contribution in [3.63, 3.8) is 0 Å². The van der Waals surface area contributed by atoms with Gasteiger partial charge in [0.1, 0.15) is 0 Å². The molecule has 0 N–H and O–H groups in total. The molecule has 3 unspecified atom stereocenters. The number of benzene rings is 1. The lowest BCUT2D eigenvalue weighted by molar-refractivity contribution is 0.359. The van der Waals surface area contributed by atoms with Gasteiger partial charge >= 0.3 is 0 Å². The van der Waals surface area contributed by atoms with Crippen LogP contribution in [0.5, 0.6) is 0 Å². The average molecular weight is 295 g/mol.